The summed E-state index contributed by atoms with van der Waals surface area (Å²) in [6, 6.07) is 7.14. The van der Waals surface area contributed by atoms with E-state index in [1.54, 1.807) is 36.2 Å². The van der Waals surface area contributed by atoms with Crippen molar-refractivity contribution < 1.29 is 14.4 Å². The molecular formula is C18H26N4O3. The standard InChI is InChI=1S/C18H26N4O3/c1-3-9-19-16(23)11-22(2)12-17(24)20-15-6-4-5-13(10-15)18(25)21-14-7-8-14/h4-6,10,14H,3,7-9,11-12H2,1-2H3,(H,19,23)(H,20,24)(H,21,25). The summed E-state index contributed by atoms with van der Waals surface area (Å²) in [6.45, 7) is 2.88. The molecule has 1 saturated carbocycles. The van der Waals surface area contributed by atoms with Gasteiger partial charge in [0.2, 0.25) is 11.8 Å². The number of carbonyl (C=O) groups is 3. The predicted octanol–water partition coefficient (Wildman–Crippen LogP) is 0.975. The molecule has 136 valence electrons. The Morgan fingerprint density at radius 2 is 1.88 bits per heavy atom. The summed E-state index contributed by atoms with van der Waals surface area (Å²) < 4.78 is 0. The quantitative estimate of drug-likeness (QED) is 0.622. The minimum absolute atomic E-state index is 0.0953. The summed E-state index contributed by atoms with van der Waals surface area (Å²) in [5.41, 5.74) is 1.09. The van der Waals surface area contributed by atoms with Crippen molar-refractivity contribution in [1.82, 2.24) is 15.5 Å². The van der Waals surface area contributed by atoms with Gasteiger partial charge in [0.05, 0.1) is 13.1 Å². The number of carbonyl (C=O) groups excluding carboxylic acids is 3. The molecule has 1 fully saturated rings. The molecule has 0 bridgehead atoms. The van der Waals surface area contributed by atoms with E-state index in [1.165, 1.54) is 0 Å². The minimum atomic E-state index is -0.231. The van der Waals surface area contributed by atoms with Crippen molar-refractivity contribution in [3.8, 4) is 0 Å². The molecule has 1 aromatic rings. The molecule has 25 heavy (non-hydrogen) atoms. The zero-order valence-electron chi connectivity index (χ0n) is 14.8. The average molecular weight is 346 g/mol. The van der Waals surface area contributed by atoms with Gasteiger partial charge in [0.15, 0.2) is 0 Å². The molecular weight excluding hydrogens is 320 g/mol. The Labute approximate surface area is 148 Å². The highest BCUT2D eigenvalue weighted by Gasteiger charge is 2.23. The van der Waals surface area contributed by atoms with Crippen LogP contribution in [-0.4, -0.2) is 55.3 Å². The van der Waals surface area contributed by atoms with Crippen LogP contribution in [0.5, 0.6) is 0 Å². The van der Waals surface area contributed by atoms with E-state index in [0.29, 0.717) is 23.8 Å². The maximum Gasteiger partial charge on any atom is 0.251 e. The van der Waals surface area contributed by atoms with Crippen molar-refractivity contribution >= 4 is 23.4 Å². The molecule has 0 radical (unpaired) electrons. The van der Waals surface area contributed by atoms with Gasteiger partial charge >= 0.3 is 0 Å². The van der Waals surface area contributed by atoms with E-state index in [2.05, 4.69) is 16.0 Å². The SMILES string of the molecule is CCCNC(=O)CN(C)CC(=O)Nc1cccc(C(=O)NC2CC2)c1. The first kappa shape index (κ1) is 18.9. The van der Waals surface area contributed by atoms with Crippen LogP contribution in [0.1, 0.15) is 36.5 Å². The van der Waals surface area contributed by atoms with Crippen molar-refractivity contribution in [3.63, 3.8) is 0 Å². The second-order valence-corrected chi connectivity index (χ2v) is 6.40. The monoisotopic (exact) mass is 346 g/mol. The lowest BCUT2D eigenvalue weighted by Gasteiger charge is -2.16. The zero-order chi connectivity index (χ0) is 18.2. The molecule has 7 nitrogen and oxygen atoms in total. The summed E-state index contributed by atoms with van der Waals surface area (Å²) in [7, 11) is 1.71. The van der Waals surface area contributed by atoms with Gasteiger partial charge in [-0.15, -0.1) is 0 Å². The number of nitrogens with zero attached hydrogens (tertiary/aromatic N) is 1. The fraction of sp³-hybridized carbons (Fsp3) is 0.500. The second-order valence-electron chi connectivity index (χ2n) is 6.40. The molecule has 0 saturated heterocycles. The predicted molar refractivity (Wildman–Crippen MR) is 96.4 cm³/mol. The summed E-state index contributed by atoms with van der Waals surface area (Å²) >= 11 is 0. The first-order valence-corrected chi connectivity index (χ1v) is 8.64. The van der Waals surface area contributed by atoms with Crippen LogP contribution in [0, 0.1) is 0 Å². The van der Waals surface area contributed by atoms with Crippen LogP contribution >= 0.6 is 0 Å². The molecule has 0 spiro atoms. The second kappa shape index (κ2) is 9.17. The largest absolute Gasteiger partial charge is 0.355 e. The molecule has 0 atom stereocenters. The average Bonchev–Trinajstić information content (AvgIpc) is 3.36. The molecule has 0 heterocycles. The highest BCUT2D eigenvalue weighted by atomic mass is 16.2. The van der Waals surface area contributed by atoms with E-state index in [1.807, 2.05) is 6.92 Å². The third-order valence-electron chi connectivity index (χ3n) is 3.72. The van der Waals surface area contributed by atoms with Crippen LogP contribution in [0.25, 0.3) is 0 Å². The van der Waals surface area contributed by atoms with E-state index in [4.69, 9.17) is 0 Å². The highest BCUT2D eigenvalue weighted by Crippen LogP contribution is 2.20. The van der Waals surface area contributed by atoms with Crippen molar-refractivity contribution in [2.24, 2.45) is 0 Å². The Balaban J connectivity index is 1.81. The molecule has 1 aromatic carbocycles. The number of hydrogen-bond acceptors (Lipinski definition) is 4. The smallest absolute Gasteiger partial charge is 0.251 e. The first-order chi connectivity index (χ1) is 12.0. The van der Waals surface area contributed by atoms with Gasteiger partial charge < -0.3 is 16.0 Å². The fourth-order valence-electron chi connectivity index (χ4n) is 2.30. The van der Waals surface area contributed by atoms with Crippen LogP contribution in [-0.2, 0) is 9.59 Å². The number of amides is 3. The van der Waals surface area contributed by atoms with Crippen LogP contribution in [0.2, 0.25) is 0 Å². The molecule has 7 heteroatoms. The summed E-state index contributed by atoms with van der Waals surface area (Å²) in [4.78, 5) is 37.4. The number of benzene rings is 1. The van der Waals surface area contributed by atoms with Crippen LogP contribution < -0.4 is 16.0 Å². The number of nitrogens with one attached hydrogen (secondary N) is 3. The Bertz CT molecular complexity index is 629. The van der Waals surface area contributed by atoms with Gasteiger partial charge in [-0.1, -0.05) is 13.0 Å². The summed E-state index contributed by atoms with van der Waals surface area (Å²) in [6.07, 6.45) is 2.93. The molecule has 1 aliphatic rings. The van der Waals surface area contributed by atoms with Crippen molar-refractivity contribution in [3.05, 3.63) is 29.8 Å². The van der Waals surface area contributed by atoms with Crippen molar-refractivity contribution in [1.29, 1.82) is 0 Å². The number of anilines is 1. The molecule has 0 unspecified atom stereocenters. The van der Waals surface area contributed by atoms with Gasteiger partial charge in [-0.25, -0.2) is 0 Å². The van der Waals surface area contributed by atoms with Gasteiger partial charge in [-0.05, 0) is 44.5 Å². The van der Waals surface area contributed by atoms with Crippen molar-refractivity contribution in [2.45, 2.75) is 32.2 Å². The molecule has 0 aliphatic heterocycles. The van der Waals surface area contributed by atoms with Gasteiger partial charge in [-0.3, -0.25) is 19.3 Å². The van der Waals surface area contributed by atoms with Gasteiger partial charge in [0.25, 0.3) is 5.91 Å². The Hall–Kier alpha value is -2.41. The van der Waals surface area contributed by atoms with Crippen molar-refractivity contribution in [2.75, 3.05) is 32.0 Å². The maximum absolute atomic E-state index is 12.1. The summed E-state index contributed by atoms with van der Waals surface area (Å²) in [5, 5.41) is 8.45. The lowest BCUT2D eigenvalue weighted by molar-refractivity contribution is -0.122. The van der Waals surface area contributed by atoms with E-state index < -0.39 is 0 Å². The van der Waals surface area contributed by atoms with Crippen LogP contribution in [0.3, 0.4) is 0 Å². The molecule has 2 rings (SSSR count). The highest BCUT2D eigenvalue weighted by molar-refractivity contribution is 5.97. The van der Waals surface area contributed by atoms with E-state index in [0.717, 1.165) is 19.3 Å². The number of hydrogen-bond donors (Lipinski definition) is 3. The topological polar surface area (TPSA) is 90.5 Å². The van der Waals surface area contributed by atoms with E-state index in [-0.39, 0.29) is 30.8 Å². The van der Waals surface area contributed by atoms with Crippen LogP contribution in [0.15, 0.2) is 24.3 Å². The minimum Gasteiger partial charge on any atom is -0.355 e. The Morgan fingerprint density at radius 1 is 1.16 bits per heavy atom. The first-order valence-electron chi connectivity index (χ1n) is 8.64. The lowest BCUT2D eigenvalue weighted by atomic mass is 10.2. The Morgan fingerprint density at radius 3 is 2.56 bits per heavy atom. The van der Waals surface area contributed by atoms with Gasteiger partial charge in [0.1, 0.15) is 0 Å². The maximum atomic E-state index is 12.1. The molecule has 1 aliphatic carbocycles. The van der Waals surface area contributed by atoms with Crippen LogP contribution in [0.4, 0.5) is 5.69 Å². The fourth-order valence-corrected chi connectivity index (χ4v) is 2.30. The molecule has 3 N–H and O–H groups in total. The van der Waals surface area contributed by atoms with Gasteiger partial charge in [0, 0.05) is 23.8 Å². The Kier molecular flexibility index (Phi) is 6.94. The molecule has 3 amide bonds. The summed E-state index contributed by atoms with van der Waals surface area (Å²) in [5.74, 6) is -0.454. The lowest BCUT2D eigenvalue weighted by Crippen LogP contribution is -2.39. The van der Waals surface area contributed by atoms with E-state index >= 15 is 0 Å². The normalized spacial score (nSPS) is 13.4. The number of likely N-dealkylation sites (N-methyl/N-ethyl adjacent to an activating group) is 1. The molecule has 0 aromatic heterocycles. The van der Waals surface area contributed by atoms with E-state index in [9.17, 15) is 14.4 Å². The third kappa shape index (κ3) is 6.93. The third-order valence-corrected chi connectivity index (χ3v) is 3.72. The zero-order valence-corrected chi connectivity index (χ0v) is 14.8. The number of rotatable bonds is 9. The van der Waals surface area contributed by atoms with Gasteiger partial charge in [-0.2, -0.15) is 0 Å².